The van der Waals surface area contributed by atoms with E-state index in [1.165, 1.54) is 0 Å². The Morgan fingerprint density at radius 1 is 1.50 bits per heavy atom. The van der Waals surface area contributed by atoms with Crippen LogP contribution in [0.4, 0.5) is 5.69 Å². The molecule has 0 saturated carbocycles. The van der Waals surface area contributed by atoms with E-state index in [2.05, 4.69) is 5.32 Å². The van der Waals surface area contributed by atoms with Crippen molar-refractivity contribution in [1.82, 2.24) is 5.32 Å². The van der Waals surface area contributed by atoms with E-state index in [0.717, 1.165) is 0 Å². The lowest BCUT2D eigenvalue weighted by molar-refractivity contribution is -0.124. The molecule has 0 radical (unpaired) electrons. The van der Waals surface area contributed by atoms with Crippen LogP contribution in [-0.2, 0) is 4.79 Å². The Bertz CT molecular complexity index is 444. The van der Waals surface area contributed by atoms with Crippen LogP contribution >= 0.6 is 0 Å². The van der Waals surface area contributed by atoms with Gasteiger partial charge in [0.15, 0.2) is 6.61 Å². The lowest BCUT2D eigenvalue weighted by atomic mass is 9.94. The first kappa shape index (κ1) is 16.3. The smallest absolute Gasteiger partial charge is 0.258 e. The molecule has 1 amide bonds. The summed E-state index contributed by atoms with van der Waals surface area (Å²) in [5.41, 5.74) is 5.30. The highest BCUT2D eigenvalue weighted by atomic mass is 16.5. The molecule has 20 heavy (non-hydrogen) atoms. The van der Waals surface area contributed by atoms with Crippen LogP contribution in [0.25, 0.3) is 0 Å². The van der Waals surface area contributed by atoms with Crippen molar-refractivity contribution in [3.05, 3.63) is 24.3 Å². The standard InChI is InChI=1S/C15H24N2O3/c1-11(2)8-15(3,19)10-17-14(18)9-20-13-6-4-5-12(16)7-13/h4-7,11,19H,8-10,16H2,1-3H3,(H,17,18). The summed E-state index contributed by atoms with van der Waals surface area (Å²) in [5, 5.41) is 12.8. The van der Waals surface area contributed by atoms with Crippen molar-refractivity contribution in [1.29, 1.82) is 0 Å². The first-order chi connectivity index (χ1) is 9.28. The van der Waals surface area contributed by atoms with Crippen molar-refractivity contribution in [3.8, 4) is 5.75 Å². The first-order valence-electron chi connectivity index (χ1n) is 6.76. The number of rotatable bonds is 7. The van der Waals surface area contributed by atoms with Crippen LogP contribution in [0, 0.1) is 5.92 Å². The number of benzene rings is 1. The number of hydrogen-bond acceptors (Lipinski definition) is 4. The molecule has 0 saturated heterocycles. The minimum atomic E-state index is -0.902. The summed E-state index contributed by atoms with van der Waals surface area (Å²) in [6.07, 6.45) is 0.628. The zero-order valence-corrected chi connectivity index (χ0v) is 12.3. The summed E-state index contributed by atoms with van der Waals surface area (Å²) in [5.74, 6) is 0.649. The van der Waals surface area contributed by atoms with E-state index in [-0.39, 0.29) is 19.1 Å². The van der Waals surface area contributed by atoms with Gasteiger partial charge in [0.1, 0.15) is 5.75 Å². The molecule has 0 heterocycles. The number of amides is 1. The number of aliphatic hydroxyl groups is 1. The Labute approximate surface area is 120 Å². The average Bonchev–Trinajstić information content (AvgIpc) is 2.32. The summed E-state index contributed by atoms with van der Waals surface area (Å²) in [6, 6.07) is 6.90. The normalized spacial score (nSPS) is 13.8. The maximum Gasteiger partial charge on any atom is 0.258 e. The minimum absolute atomic E-state index is 0.0960. The van der Waals surface area contributed by atoms with Crippen LogP contribution in [0.1, 0.15) is 27.2 Å². The van der Waals surface area contributed by atoms with Gasteiger partial charge in [-0.25, -0.2) is 0 Å². The zero-order valence-electron chi connectivity index (χ0n) is 12.3. The second-order valence-corrected chi connectivity index (χ2v) is 5.73. The second kappa shape index (κ2) is 7.14. The Morgan fingerprint density at radius 2 is 2.20 bits per heavy atom. The molecule has 1 aromatic rings. The van der Waals surface area contributed by atoms with Crippen LogP contribution in [0.3, 0.4) is 0 Å². The van der Waals surface area contributed by atoms with Crippen LogP contribution in [0.2, 0.25) is 0 Å². The Kier molecular flexibility index (Phi) is 5.82. The molecule has 0 bridgehead atoms. The van der Waals surface area contributed by atoms with Gasteiger partial charge in [-0.3, -0.25) is 4.79 Å². The molecule has 1 unspecified atom stereocenters. The highest BCUT2D eigenvalue weighted by Gasteiger charge is 2.22. The lowest BCUT2D eigenvalue weighted by Crippen LogP contribution is -2.43. The molecule has 4 N–H and O–H groups in total. The Morgan fingerprint density at radius 3 is 2.80 bits per heavy atom. The largest absolute Gasteiger partial charge is 0.484 e. The van der Waals surface area contributed by atoms with Crippen LogP contribution in [0.15, 0.2) is 24.3 Å². The van der Waals surface area contributed by atoms with Gasteiger partial charge in [-0.15, -0.1) is 0 Å². The van der Waals surface area contributed by atoms with E-state index in [1.54, 1.807) is 31.2 Å². The zero-order chi connectivity index (χ0) is 15.2. The fourth-order valence-corrected chi connectivity index (χ4v) is 2.04. The van der Waals surface area contributed by atoms with Crippen molar-refractivity contribution in [2.45, 2.75) is 32.8 Å². The van der Waals surface area contributed by atoms with Gasteiger partial charge >= 0.3 is 0 Å². The molecule has 0 aromatic heterocycles. The maximum absolute atomic E-state index is 11.7. The predicted octanol–water partition coefficient (Wildman–Crippen LogP) is 1.56. The Balaban J connectivity index is 2.34. The summed E-state index contributed by atoms with van der Waals surface area (Å²) in [4.78, 5) is 11.7. The van der Waals surface area contributed by atoms with E-state index >= 15 is 0 Å². The number of hydrogen-bond donors (Lipinski definition) is 3. The van der Waals surface area contributed by atoms with Gasteiger partial charge in [0.2, 0.25) is 0 Å². The van der Waals surface area contributed by atoms with E-state index in [0.29, 0.717) is 23.8 Å². The monoisotopic (exact) mass is 280 g/mol. The third kappa shape index (κ3) is 6.43. The summed E-state index contributed by atoms with van der Waals surface area (Å²) in [7, 11) is 0. The molecular weight excluding hydrogens is 256 g/mol. The van der Waals surface area contributed by atoms with Crippen LogP contribution < -0.4 is 15.8 Å². The number of anilines is 1. The van der Waals surface area contributed by atoms with Crippen molar-refractivity contribution in [2.75, 3.05) is 18.9 Å². The number of nitrogen functional groups attached to an aromatic ring is 1. The fraction of sp³-hybridized carbons (Fsp3) is 0.533. The molecule has 0 aliphatic rings. The van der Waals surface area contributed by atoms with Gasteiger partial charge in [0.25, 0.3) is 5.91 Å². The molecular formula is C15H24N2O3. The van der Waals surface area contributed by atoms with Gasteiger partial charge in [-0.2, -0.15) is 0 Å². The van der Waals surface area contributed by atoms with Crippen molar-refractivity contribution < 1.29 is 14.6 Å². The number of carbonyl (C=O) groups excluding carboxylic acids is 1. The summed E-state index contributed by atoms with van der Waals surface area (Å²) >= 11 is 0. The summed E-state index contributed by atoms with van der Waals surface area (Å²) < 4.78 is 5.32. The number of nitrogens with two attached hydrogens (primary N) is 1. The topological polar surface area (TPSA) is 84.6 Å². The molecule has 0 spiro atoms. The van der Waals surface area contributed by atoms with E-state index in [1.807, 2.05) is 13.8 Å². The summed E-state index contributed by atoms with van der Waals surface area (Å²) in [6.45, 7) is 5.88. The quantitative estimate of drug-likeness (QED) is 0.662. The third-order valence-corrected chi connectivity index (χ3v) is 2.74. The van der Waals surface area contributed by atoms with Crippen molar-refractivity contribution >= 4 is 11.6 Å². The molecule has 0 aliphatic heterocycles. The highest BCUT2D eigenvalue weighted by molar-refractivity contribution is 5.77. The van der Waals surface area contributed by atoms with Gasteiger partial charge < -0.3 is 20.9 Å². The molecule has 5 heteroatoms. The van der Waals surface area contributed by atoms with Crippen molar-refractivity contribution in [3.63, 3.8) is 0 Å². The lowest BCUT2D eigenvalue weighted by Gasteiger charge is -2.25. The molecule has 1 rings (SSSR count). The molecule has 0 fully saturated rings. The number of ether oxygens (including phenoxy) is 1. The van der Waals surface area contributed by atoms with E-state index in [4.69, 9.17) is 10.5 Å². The third-order valence-electron chi connectivity index (χ3n) is 2.74. The Hall–Kier alpha value is -1.75. The average molecular weight is 280 g/mol. The second-order valence-electron chi connectivity index (χ2n) is 5.73. The van der Waals surface area contributed by atoms with Gasteiger partial charge in [-0.1, -0.05) is 19.9 Å². The first-order valence-corrected chi connectivity index (χ1v) is 6.76. The minimum Gasteiger partial charge on any atom is -0.484 e. The van der Waals surface area contributed by atoms with Crippen LogP contribution in [0.5, 0.6) is 5.75 Å². The number of carbonyl (C=O) groups is 1. The fourth-order valence-electron chi connectivity index (χ4n) is 2.04. The predicted molar refractivity (Wildman–Crippen MR) is 79.4 cm³/mol. The number of nitrogens with one attached hydrogen (secondary N) is 1. The van der Waals surface area contributed by atoms with Gasteiger partial charge in [0, 0.05) is 18.3 Å². The molecule has 112 valence electrons. The van der Waals surface area contributed by atoms with E-state index in [9.17, 15) is 9.90 Å². The maximum atomic E-state index is 11.7. The molecule has 1 aromatic carbocycles. The highest BCUT2D eigenvalue weighted by Crippen LogP contribution is 2.15. The SMILES string of the molecule is CC(C)CC(C)(O)CNC(=O)COc1cccc(N)c1. The van der Waals surface area contributed by atoms with E-state index < -0.39 is 5.60 Å². The molecule has 5 nitrogen and oxygen atoms in total. The van der Waals surface area contributed by atoms with Crippen molar-refractivity contribution in [2.24, 2.45) is 5.92 Å². The molecule has 0 aliphatic carbocycles. The van der Waals surface area contributed by atoms with Crippen LogP contribution in [-0.4, -0.2) is 29.8 Å². The van der Waals surface area contributed by atoms with Gasteiger partial charge in [0.05, 0.1) is 5.60 Å². The van der Waals surface area contributed by atoms with Gasteiger partial charge in [-0.05, 0) is 31.4 Å². The molecule has 1 atom stereocenters.